The fourth-order valence-corrected chi connectivity index (χ4v) is 1.89. The van der Waals surface area contributed by atoms with Crippen molar-refractivity contribution in [3.05, 3.63) is 34.1 Å². The second-order valence-electron chi connectivity index (χ2n) is 4.99. The van der Waals surface area contributed by atoms with Crippen LogP contribution >= 0.6 is 15.9 Å². The lowest BCUT2D eigenvalue weighted by Gasteiger charge is -2.17. The van der Waals surface area contributed by atoms with Crippen molar-refractivity contribution >= 4 is 27.7 Å². The molecule has 1 aromatic rings. The van der Waals surface area contributed by atoms with E-state index in [4.69, 9.17) is 0 Å². The van der Waals surface area contributed by atoms with Gasteiger partial charge in [0.1, 0.15) is 5.82 Å². The maximum atomic E-state index is 13.1. The molecule has 1 aromatic carbocycles. The van der Waals surface area contributed by atoms with Gasteiger partial charge < -0.3 is 10.2 Å². The summed E-state index contributed by atoms with van der Waals surface area (Å²) < 4.78 is 13.3. The molecule has 0 bridgehead atoms. The number of rotatable bonds is 5. The fraction of sp³-hybridized carbons (Fsp3) is 0.429. The molecule has 0 aliphatic heterocycles. The van der Waals surface area contributed by atoms with Crippen molar-refractivity contribution < 1.29 is 14.0 Å². The number of amides is 2. The number of benzene rings is 1. The molecule has 0 fully saturated rings. The van der Waals surface area contributed by atoms with Crippen LogP contribution in [-0.2, 0) is 4.79 Å². The molecular formula is C14H18BrFN2O2. The van der Waals surface area contributed by atoms with E-state index in [0.29, 0.717) is 18.0 Å². The van der Waals surface area contributed by atoms with Crippen LogP contribution in [0.25, 0.3) is 0 Å². The van der Waals surface area contributed by atoms with Gasteiger partial charge in [0.15, 0.2) is 0 Å². The third-order valence-corrected chi connectivity index (χ3v) is 3.21. The first kappa shape index (κ1) is 16.6. The second kappa shape index (κ2) is 7.38. The second-order valence-corrected chi connectivity index (χ2v) is 5.84. The molecule has 0 unspecified atom stereocenters. The first-order valence-corrected chi connectivity index (χ1v) is 7.07. The average molecular weight is 345 g/mol. The predicted octanol–water partition coefficient (Wildman–Crippen LogP) is 2.43. The van der Waals surface area contributed by atoms with Crippen LogP contribution in [0.1, 0.15) is 24.2 Å². The Morgan fingerprint density at radius 3 is 2.60 bits per heavy atom. The van der Waals surface area contributed by atoms with E-state index in [1.807, 2.05) is 13.8 Å². The molecule has 6 heteroatoms. The number of likely N-dealkylation sites (N-methyl/N-ethyl adjacent to an activating group) is 1. The Hall–Kier alpha value is -1.43. The van der Waals surface area contributed by atoms with E-state index in [1.54, 1.807) is 0 Å². The van der Waals surface area contributed by atoms with Gasteiger partial charge in [0.2, 0.25) is 5.91 Å². The maximum Gasteiger partial charge on any atom is 0.254 e. The molecule has 0 aromatic heterocycles. The van der Waals surface area contributed by atoms with Gasteiger partial charge in [-0.25, -0.2) is 4.39 Å². The van der Waals surface area contributed by atoms with Gasteiger partial charge >= 0.3 is 0 Å². The molecule has 20 heavy (non-hydrogen) atoms. The van der Waals surface area contributed by atoms with Crippen molar-refractivity contribution in [2.24, 2.45) is 5.92 Å². The highest BCUT2D eigenvalue weighted by molar-refractivity contribution is 9.10. The van der Waals surface area contributed by atoms with E-state index < -0.39 is 5.82 Å². The average Bonchev–Trinajstić information content (AvgIpc) is 2.38. The van der Waals surface area contributed by atoms with Crippen LogP contribution in [0.3, 0.4) is 0 Å². The van der Waals surface area contributed by atoms with Gasteiger partial charge in [-0.2, -0.15) is 0 Å². The van der Waals surface area contributed by atoms with Crippen LogP contribution < -0.4 is 5.32 Å². The number of carbonyl (C=O) groups is 2. The summed E-state index contributed by atoms with van der Waals surface area (Å²) in [6.07, 6.45) is 0. The van der Waals surface area contributed by atoms with E-state index in [0.717, 1.165) is 0 Å². The van der Waals surface area contributed by atoms with E-state index >= 15 is 0 Å². The number of hydrogen-bond donors (Lipinski definition) is 1. The predicted molar refractivity (Wildman–Crippen MR) is 78.9 cm³/mol. The van der Waals surface area contributed by atoms with Gasteiger partial charge in [0.05, 0.1) is 11.0 Å². The summed E-state index contributed by atoms with van der Waals surface area (Å²) in [6.45, 7) is 4.53. The number of hydrogen-bond acceptors (Lipinski definition) is 2. The molecule has 110 valence electrons. The Labute approximate surface area is 126 Å². The highest BCUT2D eigenvalue weighted by Crippen LogP contribution is 2.17. The van der Waals surface area contributed by atoms with Crippen LogP contribution in [-0.4, -0.2) is 36.9 Å². The molecular weight excluding hydrogens is 327 g/mol. The summed E-state index contributed by atoms with van der Waals surface area (Å²) in [6, 6.07) is 4.01. The molecule has 4 nitrogen and oxygen atoms in total. The van der Waals surface area contributed by atoms with Gasteiger partial charge in [0, 0.05) is 19.2 Å². The van der Waals surface area contributed by atoms with Crippen LogP contribution in [0, 0.1) is 11.7 Å². The largest absolute Gasteiger partial charge is 0.354 e. The number of carbonyl (C=O) groups excluding carboxylic acids is 2. The lowest BCUT2D eigenvalue weighted by Crippen LogP contribution is -2.39. The topological polar surface area (TPSA) is 49.4 Å². The zero-order valence-corrected chi connectivity index (χ0v) is 13.3. The monoisotopic (exact) mass is 344 g/mol. The van der Waals surface area contributed by atoms with E-state index in [-0.39, 0.29) is 22.8 Å². The molecule has 0 heterocycles. The quantitative estimate of drug-likeness (QED) is 0.891. The SMILES string of the molecule is CC(C)CNC(=O)CN(C)C(=O)c1ccc(F)c(Br)c1. The minimum Gasteiger partial charge on any atom is -0.354 e. The van der Waals surface area contributed by atoms with Crippen molar-refractivity contribution in [2.75, 3.05) is 20.1 Å². The molecule has 0 radical (unpaired) electrons. The zero-order chi connectivity index (χ0) is 15.3. The summed E-state index contributed by atoms with van der Waals surface area (Å²) >= 11 is 3.03. The van der Waals surface area contributed by atoms with E-state index in [9.17, 15) is 14.0 Å². The van der Waals surface area contributed by atoms with Gasteiger partial charge in [0.25, 0.3) is 5.91 Å². The summed E-state index contributed by atoms with van der Waals surface area (Å²) in [5, 5.41) is 2.74. The molecule has 0 aliphatic rings. The maximum absolute atomic E-state index is 13.1. The molecule has 0 saturated heterocycles. The highest BCUT2D eigenvalue weighted by atomic mass is 79.9. The van der Waals surface area contributed by atoms with Gasteiger partial charge in [-0.3, -0.25) is 9.59 Å². The summed E-state index contributed by atoms with van der Waals surface area (Å²) in [5.41, 5.74) is 0.331. The number of nitrogens with zero attached hydrogens (tertiary/aromatic N) is 1. The first-order valence-electron chi connectivity index (χ1n) is 6.28. The Morgan fingerprint density at radius 1 is 1.40 bits per heavy atom. The fourth-order valence-electron chi connectivity index (χ4n) is 1.51. The molecule has 2 amide bonds. The van der Waals surface area contributed by atoms with E-state index in [1.165, 1.54) is 30.1 Å². The third kappa shape index (κ3) is 4.92. The Bertz CT molecular complexity index is 506. The minimum absolute atomic E-state index is 0.0272. The molecule has 1 N–H and O–H groups in total. The third-order valence-electron chi connectivity index (χ3n) is 2.60. The Balaban J connectivity index is 2.62. The van der Waals surface area contributed by atoms with Crippen molar-refractivity contribution in [3.63, 3.8) is 0 Å². The molecule has 0 spiro atoms. The van der Waals surface area contributed by atoms with Gasteiger partial charge in [-0.1, -0.05) is 13.8 Å². The standard InChI is InChI=1S/C14H18BrFN2O2/c1-9(2)7-17-13(19)8-18(3)14(20)10-4-5-12(16)11(15)6-10/h4-6,9H,7-8H2,1-3H3,(H,17,19). The summed E-state index contributed by atoms with van der Waals surface area (Å²) in [4.78, 5) is 25.0. The van der Waals surface area contributed by atoms with Crippen LogP contribution in [0.15, 0.2) is 22.7 Å². The van der Waals surface area contributed by atoms with E-state index in [2.05, 4.69) is 21.2 Å². The van der Waals surface area contributed by atoms with Crippen LogP contribution in [0.2, 0.25) is 0 Å². The Morgan fingerprint density at radius 2 is 2.05 bits per heavy atom. The summed E-state index contributed by atoms with van der Waals surface area (Å²) in [5.74, 6) is -0.618. The van der Waals surface area contributed by atoms with Crippen molar-refractivity contribution in [1.82, 2.24) is 10.2 Å². The molecule has 0 atom stereocenters. The lowest BCUT2D eigenvalue weighted by molar-refractivity contribution is -0.121. The molecule has 0 aliphatic carbocycles. The normalized spacial score (nSPS) is 10.5. The van der Waals surface area contributed by atoms with Crippen molar-refractivity contribution in [1.29, 1.82) is 0 Å². The molecule has 0 saturated carbocycles. The van der Waals surface area contributed by atoms with Gasteiger partial charge in [-0.15, -0.1) is 0 Å². The number of nitrogens with one attached hydrogen (secondary N) is 1. The lowest BCUT2D eigenvalue weighted by atomic mass is 10.2. The van der Waals surface area contributed by atoms with Crippen LogP contribution in [0.4, 0.5) is 4.39 Å². The Kier molecular flexibility index (Phi) is 6.13. The highest BCUT2D eigenvalue weighted by Gasteiger charge is 2.16. The molecule has 1 rings (SSSR count). The smallest absolute Gasteiger partial charge is 0.254 e. The van der Waals surface area contributed by atoms with Crippen molar-refractivity contribution in [2.45, 2.75) is 13.8 Å². The van der Waals surface area contributed by atoms with Crippen molar-refractivity contribution in [3.8, 4) is 0 Å². The minimum atomic E-state index is -0.432. The first-order chi connectivity index (χ1) is 9.31. The number of halogens is 2. The van der Waals surface area contributed by atoms with Crippen LogP contribution in [0.5, 0.6) is 0 Å². The van der Waals surface area contributed by atoms with Gasteiger partial charge in [-0.05, 0) is 40.0 Å². The summed E-state index contributed by atoms with van der Waals surface area (Å²) in [7, 11) is 1.54. The zero-order valence-electron chi connectivity index (χ0n) is 11.7.